The predicted molar refractivity (Wildman–Crippen MR) is 75.3 cm³/mol. The molecule has 1 atom stereocenters. The predicted octanol–water partition coefficient (Wildman–Crippen LogP) is 2.68. The monoisotopic (exact) mass is 267 g/mol. The van der Waals surface area contributed by atoms with Crippen LogP contribution < -0.4 is 5.32 Å². The molecule has 0 fully saturated rings. The molecule has 0 aliphatic rings. The lowest BCUT2D eigenvalue weighted by molar-refractivity contribution is 0.0913. The number of aryl methyl sites for hydroxylation is 2. The molecule has 1 aromatic heterocycles. The Bertz CT molecular complexity index is 392. The van der Waals surface area contributed by atoms with Gasteiger partial charge in [0.05, 0.1) is 0 Å². The molecule has 4 nitrogen and oxygen atoms in total. The lowest BCUT2D eigenvalue weighted by Gasteiger charge is -2.14. The molecule has 0 radical (unpaired) electrons. The van der Waals surface area contributed by atoms with Gasteiger partial charge >= 0.3 is 0 Å². The molecule has 1 aromatic rings. The maximum Gasteiger partial charge on any atom is 0.287 e. The summed E-state index contributed by atoms with van der Waals surface area (Å²) in [6, 6.07) is 1.79. The zero-order valence-corrected chi connectivity index (χ0v) is 12.2. The molecule has 2 N–H and O–H groups in total. The van der Waals surface area contributed by atoms with Gasteiger partial charge in [-0.1, -0.05) is 20.3 Å². The standard InChI is InChI=1S/C15H25NO3/c1-4-6-12(7-8-17)10-16-15(18)14-9-11(3)13(5-2)19-14/h9,12,17H,4-8,10H2,1-3H3,(H,16,18). The first-order valence-electron chi connectivity index (χ1n) is 7.10. The first kappa shape index (κ1) is 15.8. The van der Waals surface area contributed by atoms with Gasteiger partial charge in [0.25, 0.3) is 5.91 Å². The highest BCUT2D eigenvalue weighted by Gasteiger charge is 2.15. The highest BCUT2D eigenvalue weighted by Crippen LogP contribution is 2.15. The number of aliphatic hydroxyl groups excluding tert-OH is 1. The molecule has 0 saturated carbocycles. The molecular weight excluding hydrogens is 242 g/mol. The number of carbonyl (C=O) groups is 1. The zero-order chi connectivity index (χ0) is 14.3. The van der Waals surface area contributed by atoms with E-state index in [0.717, 1.165) is 37.0 Å². The van der Waals surface area contributed by atoms with Crippen LogP contribution in [0.3, 0.4) is 0 Å². The summed E-state index contributed by atoms with van der Waals surface area (Å²) in [6.07, 6.45) is 3.59. The summed E-state index contributed by atoms with van der Waals surface area (Å²) in [5.41, 5.74) is 1.02. The largest absolute Gasteiger partial charge is 0.456 e. The summed E-state index contributed by atoms with van der Waals surface area (Å²) in [4.78, 5) is 12.0. The van der Waals surface area contributed by atoms with E-state index >= 15 is 0 Å². The molecule has 0 saturated heterocycles. The van der Waals surface area contributed by atoms with Crippen LogP contribution in [0.25, 0.3) is 0 Å². The molecule has 19 heavy (non-hydrogen) atoms. The second kappa shape index (κ2) is 8.00. The van der Waals surface area contributed by atoms with Gasteiger partial charge in [0, 0.05) is 19.6 Å². The van der Waals surface area contributed by atoms with E-state index in [2.05, 4.69) is 12.2 Å². The van der Waals surface area contributed by atoms with Crippen LogP contribution in [0.15, 0.2) is 10.5 Å². The average Bonchev–Trinajstić information content (AvgIpc) is 2.77. The first-order valence-corrected chi connectivity index (χ1v) is 7.10. The molecular formula is C15H25NO3. The van der Waals surface area contributed by atoms with Gasteiger partial charge in [0.1, 0.15) is 5.76 Å². The van der Waals surface area contributed by atoms with Crippen LogP contribution in [-0.4, -0.2) is 24.2 Å². The van der Waals surface area contributed by atoms with Crippen molar-refractivity contribution in [3.05, 3.63) is 23.2 Å². The number of furan rings is 1. The van der Waals surface area contributed by atoms with Crippen molar-refractivity contribution in [3.63, 3.8) is 0 Å². The Kier molecular flexibility index (Phi) is 6.64. The minimum Gasteiger partial charge on any atom is -0.456 e. The van der Waals surface area contributed by atoms with Crippen LogP contribution in [0.2, 0.25) is 0 Å². The van der Waals surface area contributed by atoms with Crippen molar-refractivity contribution in [1.29, 1.82) is 0 Å². The number of hydrogen-bond donors (Lipinski definition) is 2. The fourth-order valence-electron chi connectivity index (χ4n) is 2.25. The van der Waals surface area contributed by atoms with Gasteiger partial charge in [0.15, 0.2) is 5.76 Å². The van der Waals surface area contributed by atoms with E-state index < -0.39 is 0 Å². The smallest absolute Gasteiger partial charge is 0.287 e. The van der Waals surface area contributed by atoms with Gasteiger partial charge < -0.3 is 14.8 Å². The van der Waals surface area contributed by atoms with Crippen molar-refractivity contribution >= 4 is 5.91 Å². The van der Waals surface area contributed by atoms with E-state index in [9.17, 15) is 4.79 Å². The summed E-state index contributed by atoms with van der Waals surface area (Å²) in [6.45, 7) is 6.82. The quantitative estimate of drug-likeness (QED) is 0.761. The van der Waals surface area contributed by atoms with E-state index in [1.165, 1.54) is 0 Å². The Labute approximate surface area is 115 Å². The normalized spacial score (nSPS) is 12.4. The van der Waals surface area contributed by atoms with Gasteiger partial charge in [-0.05, 0) is 37.3 Å². The second-order valence-electron chi connectivity index (χ2n) is 4.95. The van der Waals surface area contributed by atoms with Crippen molar-refractivity contribution in [2.24, 2.45) is 5.92 Å². The number of carbonyl (C=O) groups excluding carboxylic acids is 1. The summed E-state index contributed by atoms with van der Waals surface area (Å²) in [7, 11) is 0. The fourth-order valence-corrected chi connectivity index (χ4v) is 2.25. The van der Waals surface area contributed by atoms with E-state index in [0.29, 0.717) is 18.2 Å². The second-order valence-corrected chi connectivity index (χ2v) is 4.95. The van der Waals surface area contributed by atoms with Gasteiger partial charge in [0.2, 0.25) is 0 Å². The minimum absolute atomic E-state index is 0.165. The van der Waals surface area contributed by atoms with E-state index in [4.69, 9.17) is 9.52 Å². The lowest BCUT2D eigenvalue weighted by Crippen LogP contribution is -2.29. The molecule has 1 heterocycles. The number of nitrogens with one attached hydrogen (secondary N) is 1. The summed E-state index contributed by atoms with van der Waals surface area (Å²) >= 11 is 0. The number of rotatable bonds is 8. The van der Waals surface area contributed by atoms with E-state index in [-0.39, 0.29) is 12.5 Å². The molecule has 0 aromatic carbocycles. The van der Waals surface area contributed by atoms with Gasteiger partial charge in [-0.2, -0.15) is 0 Å². The van der Waals surface area contributed by atoms with Gasteiger partial charge in [-0.25, -0.2) is 0 Å². The van der Waals surface area contributed by atoms with E-state index in [1.807, 2.05) is 13.8 Å². The molecule has 0 aliphatic carbocycles. The third-order valence-electron chi connectivity index (χ3n) is 3.35. The molecule has 1 unspecified atom stereocenters. The topological polar surface area (TPSA) is 62.5 Å². The molecule has 108 valence electrons. The van der Waals surface area contributed by atoms with Crippen LogP contribution >= 0.6 is 0 Å². The molecule has 4 heteroatoms. The maximum atomic E-state index is 12.0. The van der Waals surface area contributed by atoms with Crippen molar-refractivity contribution < 1.29 is 14.3 Å². The Hall–Kier alpha value is -1.29. The Balaban J connectivity index is 2.53. The van der Waals surface area contributed by atoms with Crippen molar-refractivity contribution in [2.75, 3.05) is 13.2 Å². The van der Waals surface area contributed by atoms with Crippen molar-refractivity contribution in [1.82, 2.24) is 5.32 Å². The number of amides is 1. The molecule has 0 spiro atoms. The first-order chi connectivity index (χ1) is 9.12. The average molecular weight is 267 g/mol. The van der Waals surface area contributed by atoms with Gasteiger partial charge in [-0.3, -0.25) is 4.79 Å². The highest BCUT2D eigenvalue weighted by atomic mass is 16.4. The molecule has 1 amide bonds. The number of aliphatic hydroxyl groups is 1. The zero-order valence-electron chi connectivity index (χ0n) is 12.2. The lowest BCUT2D eigenvalue weighted by atomic mass is 10.0. The summed E-state index contributed by atoms with van der Waals surface area (Å²) in [5.74, 6) is 1.42. The van der Waals surface area contributed by atoms with Gasteiger partial charge in [-0.15, -0.1) is 0 Å². The van der Waals surface area contributed by atoms with Crippen LogP contribution in [-0.2, 0) is 6.42 Å². The van der Waals surface area contributed by atoms with Crippen LogP contribution in [0, 0.1) is 12.8 Å². The third kappa shape index (κ3) is 4.71. The fraction of sp³-hybridized carbons (Fsp3) is 0.667. The van der Waals surface area contributed by atoms with Crippen LogP contribution in [0.4, 0.5) is 0 Å². The maximum absolute atomic E-state index is 12.0. The van der Waals surface area contributed by atoms with Crippen molar-refractivity contribution in [2.45, 2.75) is 46.5 Å². The van der Waals surface area contributed by atoms with Crippen LogP contribution in [0.5, 0.6) is 0 Å². The highest BCUT2D eigenvalue weighted by molar-refractivity contribution is 5.91. The third-order valence-corrected chi connectivity index (χ3v) is 3.35. The Morgan fingerprint density at radius 2 is 2.16 bits per heavy atom. The van der Waals surface area contributed by atoms with E-state index in [1.54, 1.807) is 6.07 Å². The van der Waals surface area contributed by atoms with Crippen LogP contribution in [0.1, 0.15) is 55.0 Å². The molecule has 1 rings (SSSR count). The van der Waals surface area contributed by atoms with Crippen molar-refractivity contribution in [3.8, 4) is 0 Å². The summed E-state index contributed by atoms with van der Waals surface area (Å²) in [5, 5.41) is 11.9. The Morgan fingerprint density at radius 1 is 1.42 bits per heavy atom. The summed E-state index contributed by atoms with van der Waals surface area (Å²) < 4.78 is 5.52. The molecule has 0 bridgehead atoms. The SMILES string of the molecule is CCCC(CCO)CNC(=O)c1cc(C)c(CC)o1. The number of hydrogen-bond acceptors (Lipinski definition) is 3. The molecule has 0 aliphatic heterocycles. The minimum atomic E-state index is -0.165. The Morgan fingerprint density at radius 3 is 2.68 bits per heavy atom.